The van der Waals surface area contributed by atoms with E-state index in [2.05, 4.69) is 35.6 Å². The van der Waals surface area contributed by atoms with Gasteiger partial charge in [0.2, 0.25) is 0 Å². The minimum atomic E-state index is 0.109. The molecule has 0 saturated carbocycles. The van der Waals surface area contributed by atoms with E-state index in [1.165, 1.54) is 0 Å². The predicted molar refractivity (Wildman–Crippen MR) is 88.1 cm³/mol. The van der Waals surface area contributed by atoms with Crippen molar-refractivity contribution in [2.24, 2.45) is 0 Å². The Balaban J connectivity index is 1.90. The number of imidazole rings is 1. The van der Waals surface area contributed by atoms with Gasteiger partial charge >= 0.3 is 0 Å². The van der Waals surface area contributed by atoms with Gasteiger partial charge in [-0.1, -0.05) is 0 Å². The van der Waals surface area contributed by atoms with E-state index in [-0.39, 0.29) is 11.9 Å². The second-order valence-corrected chi connectivity index (χ2v) is 6.34. The molecule has 1 unspecified atom stereocenters. The smallest absolute Gasteiger partial charge is 0.254 e. The molecule has 5 nitrogen and oxygen atoms in total. The molecule has 1 aromatic heterocycles. The van der Waals surface area contributed by atoms with Crippen LogP contribution in [0.2, 0.25) is 0 Å². The lowest BCUT2D eigenvalue weighted by atomic mass is 10.1. The molecule has 5 heteroatoms. The lowest BCUT2D eigenvalue weighted by molar-refractivity contribution is 0.0705. The van der Waals surface area contributed by atoms with Gasteiger partial charge in [0.15, 0.2) is 0 Å². The summed E-state index contributed by atoms with van der Waals surface area (Å²) in [7, 11) is 0. The maximum absolute atomic E-state index is 12.8. The molecule has 22 heavy (non-hydrogen) atoms. The van der Waals surface area contributed by atoms with Crippen LogP contribution in [0.3, 0.4) is 0 Å². The number of rotatable bonds is 2. The molecule has 1 N–H and O–H groups in total. The summed E-state index contributed by atoms with van der Waals surface area (Å²) in [6.45, 7) is 8.98. The number of aromatic nitrogens is 2. The van der Waals surface area contributed by atoms with E-state index in [0.29, 0.717) is 6.04 Å². The van der Waals surface area contributed by atoms with Crippen LogP contribution in [0.5, 0.6) is 0 Å². The second-order valence-electron chi connectivity index (χ2n) is 6.34. The average molecular weight is 300 g/mol. The summed E-state index contributed by atoms with van der Waals surface area (Å²) in [5.74, 6) is 0.109. The molecule has 0 spiro atoms. The monoisotopic (exact) mass is 300 g/mol. The van der Waals surface area contributed by atoms with Crippen molar-refractivity contribution >= 4 is 16.9 Å². The molecule has 3 rings (SSSR count). The first-order valence-electron chi connectivity index (χ1n) is 8.06. The van der Waals surface area contributed by atoms with Gasteiger partial charge in [0.1, 0.15) is 0 Å². The molecule has 1 aliphatic heterocycles. The fraction of sp³-hybridized carbons (Fsp3) is 0.529. The highest BCUT2D eigenvalue weighted by molar-refractivity contribution is 5.97. The lowest BCUT2D eigenvalue weighted by Gasteiger charge is -2.26. The molecule has 2 aromatic rings. The Morgan fingerprint density at radius 1 is 1.36 bits per heavy atom. The van der Waals surface area contributed by atoms with Crippen molar-refractivity contribution in [3.05, 3.63) is 30.1 Å². The fourth-order valence-corrected chi connectivity index (χ4v) is 3.06. The van der Waals surface area contributed by atoms with Gasteiger partial charge in [-0.2, -0.15) is 0 Å². The van der Waals surface area contributed by atoms with Crippen LogP contribution in [0.4, 0.5) is 0 Å². The third kappa shape index (κ3) is 2.73. The maximum Gasteiger partial charge on any atom is 0.254 e. The van der Waals surface area contributed by atoms with Gasteiger partial charge in [-0.3, -0.25) is 4.79 Å². The number of carbonyl (C=O) groups is 1. The van der Waals surface area contributed by atoms with Crippen LogP contribution < -0.4 is 5.32 Å². The normalized spacial score (nSPS) is 19.6. The van der Waals surface area contributed by atoms with Crippen LogP contribution in [-0.2, 0) is 0 Å². The molecule has 0 bridgehead atoms. The number of fused-ring (bicyclic) bond motifs is 1. The molecule has 1 aliphatic rings. The molecular weight excluding hydrogens is 276 g/mol. The van der Waals surface area contributed by atoms with Crippen molar-refractivity contribution in [2.45, 2.75) is 39.3 Å². The van der Waals surface area contributed by atoms with Gasteiger partial charge in [0.25, 0.3) is 5.91 Å². The molecule has 118 valence electrons. The van der Waals surface area contributed by atoms with Gasteiger partial charge in [-0.15, -0.1) is 0 Å². The summed E-state index contributed by atoms with van der Waals surface area (Å²) in [5.41, 5.74) is 2.70. The maximum atomic E-state index is 12.8. The highest BCUT2D eigenvalue weighted by atomic mass is 16.2. The van der Waals surface area contributed by atoms with E-state index in [0.717, 1.165) is 42.7 Å². The molecule has 1 atom stereocenters. The quantitative estimate of drug-likeness (QED) is 0.927. The molecule has 2 heterocycles. The lowest BCUT2D eigenvalue weighted by Crippen LogP contribution is -2.39. The van der Waals surface area contributed by atoms with E-state index in [1.54, 1.807) is 0 Å². The first-order chi connectivity index (χ1) is 10.6. The molecular formula is C17H24N4O. The summed E-state index contributed by atoms with van der Waals surface area (Å²) in [6, 6.07) is 6.49. The van der Waals surface area contributed by atoms with E-state index >= 15 is 0 Å². The predicted octanol–water partition coefficient (Wildman–Crippen LogP) is 2.44. The van der Waals surface area contributed by atoms with Crippen molar-refractivity contribution in [1.29, 1.82) is 0 Å². The van der Waals surface area contributed by atoms with E-state index < -0.39 is 0 Å². The third-order valence-electron chi connectivity index (χ3n) is 4.44. The van der Waals surface area contributed by atoms with Gasteiger partial charge < -0.3 is 14.8 Å². The second kappa shape index (κ2) is 6.08. The van der Waals surface area contributed by atoms with Crippen LogP contribution in [0.25, 0.3) is 11.0 Å². The van der Waals surface area contributed by atoms with Gasteiger partial charge in [-0.25, -0.2) is 4.98 Å². The molecule has 1 amide bonds. The Morgan fingerprint density at radius 3 is 2.95 bits per heavy atom. The standard InChI is InChI=1S/C17H24N4O/c1-12(2)21-11-19-15-10-14(4-5-16(15)21)17(22)20-9-8-18-7-6-13(20)3/h4-5,10-13,18H,6-9H2,1-3H3. The Hall–Kier alpha value is -1.88. The Morgan fingerprint density at radius 2 is 2.18 bits per heavy atom. The minimum absolute atomic E-state index is 0.109. The van der Waals surface area contributed by atoms with Gasteiger partial charge in [0, 0.05) is 30.7 Å². The molecule has 0 radical (unpaired) electrons. The number of carbonyl (C=O) groups excluding carboxylic acids is 1. The number of benzene rings is 1. The largest absolute Gasteiger partial charge is 0.335 e. The van der Waals surface area contributed by atoms with Crippen molar-refractivity contribution in [1.82, 2.24) is 19.8 Å². The first-order valence-corrected chi connectivity index (χ1v) is 8.06. The number of amides is 1. The molecule has 0 aliphatic carbocycles. The topological polar surface area (TPSA) is 50.2 Å². The minimum Gasteiger partial charge on any atom is -0.335 e. The van der Waals surface area contributed by atoms with E-state index in [1.807, 2.05) is 29.4 Å². The van der Waals surface area contributed by atoms with Crippen LogP contribution in [-0.4, -0.2) is 46.0 Å². The summed E-state index contributed by atoms with van der Waals surface area (Å²) in [6.07, 6.45) is 2.85. The van der Waals surface area contributed by atoms with Crippen LogP contribution in [0.1, 0.15) is 43.6 Å². The summed E-state index contributed by atoms with van der Waals surface area (Å²) >= 11 is 0. The number of hydrogen-bond acceptors (Lipinski definition) is 3. The SMILES string of the molecule is CC1CCNCCN1C(=O)c1ccc2c(c1)ncn2C(C)C. The zero-order valence-corrected chi connectivity index (χ0v) is 13.5. The Bertz CT molecular complexity index is 676. The van der Waals surface area contributed by atoms with E-state index in [9.17, 15) is 4.79 Å². The molecule has 1 fully saturated rings. The average Bonchev–Trinajstić information content (AvgIpc) is 2.81. The van der Waals surface area contributed by atoms with Gasteiger partial charge in [0.05, 0.1) is 17.4 Å². The van der Waals surface area contributed by atoms with Crippen molar-refractivity contribution in [2.75, 3.05) is 19.6 Å². The van der Waals surface area contributed by atoms with Crippen molar-refractivity contribution in [3.63, 3.8) is 0 Å². The molecule has 1 saturated heterocycles. The zero-order chi connectivity index (χ0) is 15.7. The van der Waals surface area contributed by atoms with Crippen LogP contribution in [0.15, 0.2) is 24.5 Å². The van der Waals surface area contributed by atoms with Crippen molar-refractivity contribution < 1.29 is 4.79 Å². The summed E-state index contributed by atoms with van der Waals surface area (Å²) in [5, 5.41) is 3.35. The van der Waals surface area contributed by atoms with Crippen molar-refractivity contribution in [3.8, 4) is 0 Å². The van der Waals surface area contributed by atoms with E-state index in [4.69, 9.17) is 0 Å². The number of nitrogens with one attached hydrogen (secondary N) is 1. The van der Waals surface area contributed by atoms with Crippen LogP contribution in [0, 0.1) is 0 Å². The molecule has 1 aromatic carbocycles. The fourth-order valence-electron chi connectivity index (χ4n) is 3.06. The Kier molecular flexibility index (Phi) is 4.16. The zero-order valence-electron chi connectivity index (χ0n) is 13.5. The summed E-state index contributed by atoms with van der Waals surface area (Å²) < 4.78 is 2.13. The first kappa shape index (κ1) is 15.0. The Labute approximate surface area is 131 Å². The number of nitrogens with zero attached hydrogens (tertiary/aromatic N) is 3. The highest BCUT2D eigenvalue weighted by Gasteiger charge is 2.23. The summed E-state index contributed by atoms with van der Waals surface area (Å²) in [4.78, 5) is 19.2. The number of hydrogen-bond donors (Lipinski definition) is 1. The highest BCUT2D eigenvalue weighted by Crippen LogP contribution is 2.20. The third-order valence-corrected chi connectivity index (χ3v) is 4.44. The van der Waals surface area contributed by atoms with Gasteiger partial charge in [-0.05, 0) is 51.9 Å². The van der Waals surface area contributed by atoms with Crippen LogP contribution >= 0.6 is 0 Å².